The van der Waals surface area contributed by atoms with Gasteiger partial charge in [-0.15, -0.1) is 0 Å². The van der Waals surface area contributed by atoms with Crippen molar-refractivity contribution in [2.75, 3.05) is 19.8 Å². The van der Waals surface area contributed by atoms with Crippen LogP contribution in [0.25, 0.3) is 0 Å². The van der Waals surface area contributed by atoms with E-state index in [-0.39, 0.29) is 0 Å². The molecule has 0 unspecified atom stereocenters. The van der Waals surface area contributed by atoms with Crippen LogP contribution in [0.5, 0.6) is 0 Å². The summed E-state index contributed by atoms with van der Waals surface area (Å²) in [6.07, 6.45) is 3.62. The number of unbranched alkanes of at least 4 members (excludes halogenated alkanes) is 2. The first-order chi connectivity index (χ1) is 7.24. The Morgan fingerprint density at radius 1 is 0.733 bits per heavy atom. The molecule has 0 amide bonds. The molecule has 0 bridgehead atoms. The van der Waals surface area contributed by atoms with E-state index in [1.165, 1.54) is 12.8 Å². The van der Waals surface area contributed by atoms with Gasteiger partial charge in [0.2, 0.25) is 0 Å². The summed E-state index contributed by atoms with van der Waals surface area (Å²) in [4.78, 5) is 0. The summed E-state index contributed by atoms with van der Waals surface area (Å²) < 4.78 is 18.4. The predicted octanol–water partition coefficient (Wildman–Crippen LogP) is 3.60. The Balaban J connectivity index is 4.18. The van der Waals surface area contributed by atoms with Gasteiger partial charge in [0.25, 0.3) is 0 Å². The molecule has 0 saturated heterocycles. The van der Waals surface area contributed by atoms with Crippen LogP contribution in [0.2, 0.25) is 4.73 Å². The van der Waals surface area contributed by atoms with E-state index in [9.17, 15) is 0 Å². The van der Waals surface area contributed by atoms with Gasteiger partial charge in [-0.1, -0.05) is 0 Å². The summed E-state index contributed by atoms with van der Waals surface area (Å²) in [5.74, 6) is 0. The van der Waals surface area contributed by atoms with Crippen molar-refractivity contribution in [2.45, 2.75) is 51.7 Å². The van der Waals surface area contributed by atoms with Gasteiger partial charge in [0.1, 0.15) is 0 Å². The van der Waals surface area contributed by atoms with E-state index in [2.05, 4.69) is 6.92 Å². The van der Waals surface area contributed by atoms with Crippen LogP contribution in [0.15, 0.2) is 0 Å². The van der Waals surface area contributed by atoms with E-state index in [4.69, 9.17) is 9.96 Å². The van der Waals surface area contributed by atoms with Gasteiger partial charge in [-0.2, -0.15) is 0 Å². The number of rotatable bonds is 10. The summed E-state index contributed by atoms with van der Waals surface area (Å²) in [5.41, 5.74) is 0. The fraction of sp³-hybridized carbons (Fsp3) is 1.00. The zero-order valence-electron chi connectivity index (χ0n) is 10.7. The van der Waals surface area contributed by atoms with Crippen LogP contribution >= 0.6 is 0 Å². The molecule has 92 valence electrons. The fourth-order valence-electron chi connectivity index (χ4n) is 1.59. The first-order valence-corrected chi connectivity index (χ1v) is 9.18. The molecule has 0 radical (unpaired) electrons. The van der Waals surface area contributed by atoms with E-state index >= 15 is 0 Å². The monoisotopic (exact) mass is 254 g/mol. The Bertz CT molecular complexity index is 125. The van der Waals surface area contributed by atoms with Gasteiger partial charge in [-0.3, -0.25) is 0 Å². The molecule has 0 rings (SSSR count). The summed E-state index contributed by atoms with van der Waals surface area (Å²) in [5, 5.41) is 0. The molecule has 0 aromatic heterocycles. The minimum absolute atomic E-state index is 0.701. The van der Waals surface area contributed by atoms with Gasteiger partial charge < -0.3 is 0 Å². The van der Waals surface area contributed by atoms with Gasteiger partial charge in [-0.25, -0.2) is 0 Å². The second-order valence-electron chi connectivity index (χ2n) is 3.44. The van der Waals surface area contributed by atoms with E-state index in [0.29, 0.717) is 19.8 Å². The zero-order valence-corrected chi connectivity index (χ0v) is 12.2. The molecule has 0 aromatic rings. The maximum atomic E-state index is 5.80. The molecule has 3 nitrogen and oxygen atoms in total. The molecule has 0 N–H and O–H groups in total. The van der Waals surface area contributed by atoms with Gasteiger partial charge in [0.15, 0.2) is 0 Å². The van der Waals surface area contributed by atoms with Crippen molar-refractivity contribution >= 4 is 0 Å². The summed E-state index contributed by atoms with van der Waals surface area (Å²) >= 11 is -2.87. The normalized spacial score (nSPS) is 12.0. The third-order valence-electron chi connectivity index (χ3n) is 2.18. The van der Waals surface area contributed by atoms with E-state index in [0.717, 1.165) is 11.1 Å². The first-order valence-electron chi connectivity index (χ1n) is 6.16. The Hall–Kier alpha value is 0.594. The van der Waals surface area contributed by atoms with Gasteiger partial charge >= 0.3 is 99.2 Å². The second-order valence-corrected chi connectivity index (χ2v) is 7.71. The third kappa shape index (κ3) is 6.70. The molecule has 0 aliphatic carbocycles. The summed E-state index contributed by atoms with van der Waals surface area (Å²) in [7, 11) is 0. The minimum atomic E-state index is -2.87. The topological polar surface area (TPSA) is 27.7 Å². The van der Waals surface area contributed by atoms with Crippen molar-refractivity contribution in [3.05, 3.63) is 0 Å². The average molecular weight is 254 g/mol. The van der Waals surface area contributed by atoms with Gasteiger partial charge in [0, 0.05) is 0 Å². The van der Waals surface area contributed by atoms with Gasteiger partial charge in [-0.05, 0) is 0 Å². The molecule has 0 fully saturated rings. The van der Waals surface area contributed by atoms with Crippen LogP contribution < -0.4 is 0 Å². The average Bonchev–Trinajstić information content (AvgIpc) is 2.19. The van der Waals surface area contributed by atoms with Crippen LogP contribution in [-0.4, -0.2) is 19.8 Å². The molecule has 0 heterocycles. The molecule has 0 spiro atoms. The summed E-state index contributed by atoms with van der Waals surface area (Å²) in [6.45, 7) is 10.3. The van der Waals surface area contributed by atoms with Crippen LogP contribution in [-0.2, 0) is 27.7 Å². The standard InChI is InChI=1S/C5H11.3C2H5O.Ti/c1-3-5-4-2;3*1-2-3;/h1,3-5H2,2H3;3*2H2,1H3;/q;3*-1;+3. The quantitative estimate of drug-likeness (QED) is 0.440. The number of hydrogen-bond acceptors (Lipinski definition) is 3. The Labute approximate surface area is 99.3 Å². The Kier molecular flexibility index (Phi) is 10.2. The molecule has 0 saturated carbocycles. The van der Waals surface area contributed by atoms with Crippen molar-refractivity contribution in [2.24, 2.45) is 0 Å². The molecular weight excluding hydrogens is 228 g/mol. The van der Waals surface area contributed by atoms with E-state index < -0.39 is 17.8 Å². The second kappa shape index (κ2) is 9.79. The van der Waals surface area contributed by atoms with E-state index in [1.807, 2.05) is 20.8 Å². The molecular formula is C11H26O3Ti. The summed E-state index contributed by atoms with van der Waals surface area (Å²) in [6, 6.07) is 0. The van der Waals surface area contributed by atoms with E-state index in [1.54, 1.807) is 0 Å². The van der Waals surface area contributed by atoms with Crippen molar-refractivity contribution < 1.29 is 27.7 Å². The molecule has 0 aromatic carbocycles. The van der Waals surface area contributed by atoms with Crippen LogP contribution in [0.1, 0.15) is 47.0 Å². The van der Waals surface area contributed by atoms with Crippen molar-refractivity contribution in [3.63, 3.8) is 0 Å². The Morgan fingerprint density at radius 2 is 1.20 bits per heavy atom. The molecule has 0 aliphatic heterocycles. The van der Waals surface area contributed by atoms with Crippen LogP contribution in [0, 0.1) is 0 Å². The SMILES string of the molecule is CCCC[CH2][Ti]([O]CC)([O]CC)[O]CC. The third-order valence-corrected chi connectivity index (χ3v) is 7.10. The zero-order chi connectivity index (χ0) is 11.6. The van der Waals surface area contributed by atoms with Crippen molar-refractivity contribution in [3.8, 4) is 0 Å². The predicted molar refractivity (Wildman–Crippen MR) is 59.2 cm³/mol. The van der Waals surface area contributed by atoms with Crippen molar-refractivity contribution in [1.82, 2.24) is 0 Å². The maximum absolute atomic E-state index is 5.80. The molecule has 0 aliphatic rings. The molecule has 15 heavy (non-hydrogen) atoms. The fourth-order valence-corrected chi connectivity index (χ4v) is 5.79. The molecule has 0 atom stereocenters. The van der Waals surface area contributed by atoms with Gasteiger partial charge in [0.05, 0.1) is 0 Å². The molecule has 4 heteroatoms. The Morgan fingerprint density at radius 3 is 1.53 bits per heavy atom. The number of hydrogen-bond donors (Lipinski definition) is 0. The van der Waals surface area contributed by atoms with Crippen LogP contribution in [0.4, 0.5) is 0 Å². The first kappa shape index (κ1) is 15.6. The van der Waals surface area contributed by atoms with Crippen molar-refractivity contribution in [1.29, 1.82) is 0 Å². The van der Waals surface area contributed by atoms with Crippen LogP contribution in [0.3, 0.4) is 0 Å².